The van der Waals surface area contributed by atoms with E-state index < -0.39 is 24.1 Å². The lowest BCUT2D eigenvalue weighted by Crippen LogP contribution is -2.28. The molecule has 0 fully saturated rings. The Balaban J connectivity index is 1.20. The van der Waals surface area contributed by atoms with Crippen LogP contribution in [-0.4, -0.2) is 214 Å². The molecule has 0 aliphatic heterocycles. The minimum absolute atomic E-state index is 0.0629. The summed E-state index contributed by atoms with van der Waals surface area (Å²) >= 11 is 0. The molecular weight excluding hydrogens is 1080 g/mol. The van der Waals surface area contributed by atoms with Crippen LogP contribution in [0.15, 0.2) is 95.4 Å². The molecule has 4 rings (SSSR count). The van der Waals surface area contributed by atoms with E-state index in [-0.39, 0.29) is 107 Å². The Morgan fingerprint density at radius 3 is 1.31 bits per heavy atom. The number of nitrogens with two attached hydrogens (primary N) is 1. The van der Waals surface area contributed by atoms with Crippen molar-refractivity contribution in [2.45, 2.75) is 24.9 Å². The van der Waals surface area contributed by atoms with Crippen LogP contribution in [0.2, 0.25) is 0 Å². The Morgan fingerprint density at radius 1 is 0.537 bits per heavy atom. The first kappa shape index (κ1) is 68.0. The number of hydrogen-bond donors (Lipinski definition) is 4. The normalized spacial score (nSPS) is 12.6. The molecule has 24 heteroatoms. The molecule has 1 aliphatic rings. The van der Waals surface area contributed by atoms with E-state index in [4.69, 9.17) is 72.0 Å². The highest BCUT2D eigenvalue weighted by Gasteiger charge is 2.24. The second-order valence-corrected chi connectivity index (χ2v) is 20.8. The van der Waals surface area contributed by atoms with Crippen molar-refractivity contribution >= 4 is 34.9 Å². The van der Waals surface area contributed by atoms with Gasteiger partial charge < -0.3 is 76.9 Å². The summed E-state index contributed by atoms with van der Waals surface area (Å²) in [6.45, 7) is 13.0. The van der Waals surface area contributed by atoms with Crippen LogP contribution in [0.25, 0.3) is 5.57 Å². The SMILES string of the molecule is CC[N+](CC)=C1C=CC(=C(c2ccc(N)cc2)c2ccc(S(=O)(=O)NCCOCCOCCOCCOc3c(OCCOCCOCCOCCOC)cc(C[P+]([O-])(O)O)cc3OCCOCCOCCOCCOC)cc2)C=C1. The van der Waals surface area contributed by atoms with Gasteiger partial charge in [-0.15, -0.1) is 0 Å². The molecule has 3 aromatic carbocycles. The van der Waals surface area contributed by atoms with E-state index in [2.05, 4.69) is 47.4 Å². The Bertz CT molecular complexity index is 2330. The van der Waals surface area contributed by atoms with E-state index in [9.17, 15) is 23.1 Å². The lowest BCUT2D eigenvalue weighted by Gasteiger charge is -2.20. The lowest BCUT2D eigenvalue weighted by molar-refractivity contribution is -0.519. The number of anilines is 1. The molecule has 0 radical (unpaired) electrons. The maximum atomic E-state index is 13.2. The van der Waals surface area contributed by atoms with Gasteiger partial charge in [0.25, 0.3) is 0 Å². The number of ether oxygens (including phenoxy) is 14. The molecule has 0 aromatic heterocycles. The molecule has 1 aliphatic carbocycles. The molecule has 0 spiro atoms. The van der Waals surface area contributed by atoms with Gasteiger partial charge in [-0.05, 0) is 84.7 Å². The Labute approximate surface area is 472 Å². The van der Waals surface area contributed by atoms with E-state index in [0.717, 1.165) is 41.1 Å². The third-order valence-corrected chi connectivity index (χ3v) is 13.7. The molecule has 0 heterocycles. The summed E-state index contributed by atoms with van der Waals surface area (Å²) in [6.07, 6.45) is 7.81. The zero-order valence-electron chi connectivity index (χ0n) is 46.9. The molecule has 0 saturated carbocycles. The summed E-state index contributed by atoms with van der Waals surface area (Å²) in [7, 11) is -5.08. The monoisotopic (exact) mass is 1170 g/mol. The van der Waals surface area contributed by atoms with Crippen molar-refractivity contribution in [2.24, 2.45) is 0 Å². The fourth-order valence-corrected chi connectivity index (χ4v) is 9.23. The molecular formula is C56H85N3O19PS+. The van der Waals surface area contributed by atoms with Crippen LogP contribution >= 0.6 is 7.94 Å². The van der Waals surface area contributed by atoms with Gasteiger partial charge in [0.05, 0.1) is 137 Å². The van der Waals surface area contributed by atoms with Crippen LogP contribution in [0.3, 0.4) is 0 Å². The number of nitrogens with one attached hydrogen (secondary N) is 1. The van der Waals surface area contributed by atoms with Gasteiger partial charge in [-0.3, -0.25) is 0 Å². The molecule has 3 aromatic rings. The fraction of sp³-hybridized carbons (Fsp3) is 0.554. The zero-order chi connectivity index (χ0) is 57.5. The number of rotatable bonds is 47. The van der Waals surface area contributed by atoms with Crippen molar-refractivity contribution in [3.8, 4) is 17.2 Å². The van der Waals surface area contributed by atoms with Crippen LogP contribution in [0.4, 0.5) is 5.69 Å². The van der Waals surface area contributed by atoms with Crippen LogP contribution in [-0.2, 0) is 68.3 Å². The van der Waals surface area contributed by atoms with Gasteiger partial charge >= 0.3 is 0 Å². The molecule has 0 saturated heterocycles. The topological polar surface area (TPSA) is 268 Å². The number of allylic oxidation sites excluding steroid dienone is 5. The second kappa shape index (κ2) is 40.7. The maximum absolute atomic E-state index is 13.2. The summed E-state index contributed by atoms with van der Waals surface area (Å²) in [4.78, 5) is 31.9. The Kier molecular flexibility index (Phi) is 34.6. The number of methoxy groups -OCH3 is 2. The van der Waals surface area contributed by atoms with Crippen molar-refractivity contribution in [3.63, 3.8) is 0 Å². The van der Waals surface area contributed by atoms with Crippen LogP contribution < -0.4 is 29.6 Å². The van der Waals surface area contributed by atoms with Gasteiger partial charge in [0, 0.05) is 44.2 Å². The summed E-state index contributed by atoms with van der Waals surface area (Å²) in [5.41, 5.74) is 11.8. The lowest BCUT2D eigenvalue weighted by atomic mass is 9.90. The van der Waals surface area contributed by atoms with Crippen LogP contribution in [0.5, 0.6) is 17.2 Å². The van der Waals surface area contributed by atoms with Gasteiger partial charge in [0.2, 0.25) is 23.7 Å². The molecule has 5 N–H and O–H groups in total. The smallest absolute Gasteiger partial charge is 0.240 e. The Morgan fingerprint density at radius 2 is 0.912 bits per heavy atom. The van der Waals surface area contributed by atoms with Gasteiger partial charge in [-0.25, -0.2) is 27.5 Å². The third-order valence-electron chi connectivity index (χ3n) is 11.5. The number of benzene rings is 3. The first-order valence-electron chi connectivity index (χ1n) is 26.8. The number of nitrogen functional groups attached to an aromatic ring is 1. The maximum Gasteiger partial charge on any atom is 0.240 e. The average molecular weight is 1170 g/mol. The molecule has 448 valence electrons. The average Bonchev–Trinajstić information content (AvgIpc) is 3.46. The highest BCUT2D eigenvalue weighted by Crippen LogP contribution is 2.47. The van der Waals surface area contributed by atoms with Gasteiger partial charge in [-0.1, -0.05) is 24.3 Å². The van der Waals surface area contributed by atoms with Gasteiger partial charge in [0.1, 0.15) is 39.1 Å². The highest BCUT2D eigenvalue weighted by atomic mass is 32.2. The highest BCUT2D eigenvalue weighted by molar-refractivity contribution is 7.89. The first-order chi connectivity index (χ1) is 38.9. The molecule has 0 atom stereocenters. The molecule has 0 amide bonds. The summed E-state index contributed by atoms with van der Waals surface area (Å²) < 4.78 is 110. The van der Waals surface area contributed by atoms with Crippen molar-refractivity contribution in [1.29, 1.82) is 0 Å². The molecule has 0 bridgehead atoms. The number of nitrogens with zero attached hydrogens (tertiary/aromatic N) is 1. The molecule has 80 heavy (non-hydrogen) atoms. The van der Waals surface area contributed by atoms with Crippen molar-refractivity contribution in [2.75, 3.05) is 192 Å². The molecule has 0 unspecified atom stereocenters. The number of hydrogen-bond acceptors (Lipinski definition) is 20. The van der Waals surface area contributed by atoms with Gasteiger partial charge in [-0.2, -0.15) is 0 Å². The van der Waals surface area contributed by atoms with E-state index >= 15 is 0 Å². The zero-order valence-corrected chi connectivity index (χ0v) is 48.6. The van der Waals surface area contributed by atoms with Crippen LogP contribution in [0, 0.1) is 0 Å². The minimum atomic E-state index is -4.48. The minimum Gasteiger partial charge on any atom is -0.632 e. The summed E-state index contributed by atoms with van der Waals surface area (Å²) in [6, 6.07) is 17.4. The number of sulfonamides is 1. The predicted octanol–water partition coefficient (Wildman–Crippen LogP) is 3.85. The quantitative estimate of drug-likeness (QED) is 0.0271. The van der Waals surface area contributed by atoms with E-state index in [1.54, 1.807) is 26.4 Å². The second-order valence-electron chi connectivity index (χ2n) is 17.4. The van der Waals surface area contributed by atoms with Gasteiger partial charge in [0.15, 0.2) is 17.2 Å². The van der Waals surface area contributed by atoms with E-state index in [1.807, 2.05) is 36.4 Å². The van der Waals surface area contributed by atoms with Crippen LogP contribution in [0.1, 0.15) is 30.5 Å². The summed E-state index contributed by atoms with van der Waals surface area (Å²) in [5.74, 6) is 0.591. The van der Waals surface area contributed by atoms with E-state index in [1.165, 1.54) is 12.1 Å². The van der Waals surface area contributed by atoms with Crippen molar-refractivity contribution in [3.05, 3.63) is 107 Å². The van der Waals surface area contributed by atoms with Crippen molar-refractivity contribution < 1.29 is 94.0 Å². The third kappa shape index (κ3) is 28.0. The van der Waals surface area contributed by atoms with Crippen molar-refractivity contribution in [1.82, 2.24) is 4.72 Å². The largest absolute Gasteiger partial charge is 0.632 e. The van der Waals surface area contributed by atoms with E-state index in [0.29, 0.717) is 85.0 Å². The first-order valence-corrected chi connectivity index (χ1v) is 30.1. The Hall–Kier alpha value is -4.47. The standard InChI is InChI=1S/C56H84N3O19PS/c1-5-59(6-2)51-15-9-48(10-16-51)55(47-7-13-50(57)14-8-47)49-11-17-52(18-12-49)80(63,64)58-19-20-67-25-26-70-33-36-75-39-42-78-56-53(76-40-37-73-34-31-71-29-27-68-23-21-65-3)43-46(45-79(60,61)62)44-54(56)77-41-38-74-35-32-72-30-28-69-24-22-66-4/h7-18,43-44,57-58H,5-6,19-42,45H2,1-4H3,(H2,60,61,62)/p+1. The summed E-state index contributed by atoms with van der Waals surface area (Å²) in [5, 5.41) is 0. The fourth-order valence-electron chi connectivity index (χ4n) is 7.56. The predicted molar refractivity (Wildman–Crippen MR) is 302 cm³/mol. The molecule has 22 nitrogen and oxygen atoms in total.